The van der Waals surface area contributed by atoms with Gasteiger partial charge >= 0.3 is 0 Å². The molecule has 2 heterocycles. The third kappa shape index (κ3) is 2.08. The van der Waals surface area contributed by atoms with Crippen LogP contribution in [0.2, 0.25) is 0 Å². The molecule has 3 rings (SSSR count). The molecular weight excluding hydrogens is 250 g/mol. The molecule has 0 aliphatic heterocycles. The Labute approximate surface area is 116 Å². The van der Waals surface area contributed by atoms with Crippen molar-refractivity contribution in [1.82, 2.24) is 15.2 Å². The summed E-state index contributed by atoms with van der Waals surface area (Å²) in [6, 6.07) is 9.97. The molecule has 0 aliphatic carbocycles. The summed E-state index contributed by atoms with van der Waals surface area (Å²) >= 11 is 0. The van der Waals surface area contributed by atoms with Gasteiger partial charge in [-0.3, -0.25) is 10.1 Å². The van der Waals surface area contributed by atoms with Crippen LogP contribution in [0, 0.1) is 18.3 Å². The Morgan fingerprint density at radius 1 is 1.30 bits per heavy atom. The van der Waals surface area contributed by atoms with Crippen LogP contribution in [-0.2, 0) is 6.54 Å². The van der Waals surface area contributed by atoms with Crippen molar-refractivity contribution in [2.75, 3.05) is 5.32 Å². The lowest BCUT2D eigenvalue weighted by Gasteiger charge is -2.10. The summed E-state index contributed by atoms with van der Waals surface area (Å²) < 4.78 is 0. The van der Waals surface area contributed by atoms with Gasteiger partial charge < -0.3 is 5.32 Å². The second kappa shape index (κ2) is 5.02. The molecule has 0 spiro atoms. The molecule has 0 bridgehead atoms. The highest BCUT2D eigenvalue weighted by atomic mass is 15.1. The molecule has 20 heavy (non-hydrogen) atoms. The van der Waals surface area contributed by atoms with Gasteiger partial charge in [0.05, 0.1) is 23.0 Å². The minimum Gasteiger partial charge on any atom is -0.379 e. The van der Waals surface area contributed by atoms with Gasteiger partial charge in [0.1, 0.15) is 6.07 Å². The molecule has 0 unspecified atom stereocenters. The summed E-state index contributed by atoms with van der Waals surface area (Å²) in [6.07, 6.45) is 3.39. The number of aryl methyl sites for hydroxylation is 1. The molecule has 0 radical (unpaired) electrons. The maximum Gasteiger partial charge on any atom is 0.103 e. The maximum atomic E-state index is 9.24. The van der Waals surface area contributed by atoms with Gasteiger partial charge in [-0.2, -0.15) is 10.4 Å². The zero-order chi connectivity index (χ0) is 13.9. The van der Waals surface area contributed by atoms with Gasteiger partial charge in [-0.1, -0.05) is 18.2 Å². The number of anilines is 1. The molecule has 1 aromatic carbocycles. The minimum absolute atomic E-state index is 0.546. The van der Waals surface area contributed by atoms with E-state index in [1.165, 1.54) is 0 Å². The van der Waals surface area contributed by atoms with Gasteiger partial charge in [-0.05, 0) is 13.0 Å². The number of hydrogen-bond acceptors (Lipinski definition) is 4. The Bertz CT molecular complexity index is 797. The number of aromatic amines is 1. The second-order valence-electron chi connectivity index (χ2n) is 4.55. The smallest absolute Gasteiger partial charge is 0.103 e. The summed E-state index contributed by atoms with van der Waals surface area (Å²) in [6.45, 7) is 2.59. The van der Waals surface area contributed by atoms with Crippen molar-refractivity contribution in [3.8, 4) is 6.07 Å². The Balaban J connectivity index is 2.01. The monoisotopic (exact) mass is 263 g/mol. The first-order valence-electron chi connectivity index (χ1n) is 6.30. The summed E-state index contributed by atoms with van der Waals surface area (Å²) in [7, 11) is 0. The molecule has 5 heteroatoms. The standard InChI is InChI=1S/C15H13N5/c1-10-12(9-19-20-10)8-18-15-11(6-16)7-17-14-5-3-2-4-13(14)15/h2-5,7,9H,8H2,1H3,(H,17,18)(H,19,20). The zero-order valence-electron chi connectivity index (χ0n) is 11.0. The van der Waals surface area contributed by atoms with Crippen molar-refractivity contribution in [3.63, 3.8) is 0 Å². The van der Waals surface area contributed by atoms with Gasteiger partial charge in [0.15, 0.2) is 0 Å². The first kappa shape index (κ1) is 12.2. The molecule has 0 fully saturated rings. The summed E-state index contributed by atoms with van der Waals surface area (Å²) in [5, 5.41) is 20.4. The van der Waals surface area contributed by atoms with Crippen LogP contribution in [0.4, 0.5) is 5.69 Å². The van der Waals surface area contributed by atoms with E-state index in [4.69, 9.17) is 0 Å². The molecule has 0 atom stereocenters. The average molecular weight is 263 g/mol. The minimum atomic E-state index is 0.546. The Hall–Kier alpha value is -2.87. The lowest BCUT2D eigenvalue weighted by Crippen LogP contribution is -2.03. The van der Waals surface area contributed by atoms with Crippen molar-refractivity contribution >= 4 is 16.6 Å². The normalized spacial score (nSPS) is 10.4. The highest BCUT2D eigenvalue weighted by Crippen LogP contribution is 2.25. The van der Waals surface area contributed by atoms with Gasteiger partial charge in [0.25, 0.3) is 0 Å². The highest BCUT2D eigenvalue weighted by molar-refractivity contribution is 5.93. The van der Waals surface area contributed by atoms with E-state index in [1.807, 2.05) is 31.2 Å². The molecule has 2 N–H and O–H groups in total. The SMILES string of the molecule is Cc1[nH]ncc1CNc1c(C#N)cnc2ccccc12. The Morgan fingerprint density at radius 2 is 2.15 bits per heavy atom. The van der Waals surface area contributed by atoms with Crippen LogP contribution in [0.15, 0.2) is 36.7 Å². The van der Waals surface area contributed by atoms with Crippen LogP contribution in [0.25, 0.3) is 10.9 Å². The fourth-order valence-electron chi connectivity index (χ4n) is 2.15. The largest absolute Gasteiger partial charge is 0.379 e. The van der Waals surface area contributed by atoms with Gasteiger partial charge in [0.2, 0.25) is 0 Å². The first-order valence-corrected chi connectivity index (χ1v) is 6.30. The van der Waals surface area contributed by atoms with Crippen molar-refractivity contribution in [1.29, 1.82) is 5.26 Å². The van der Waals surface area contributed by atoms with E-state index in [0.29, 0.717) is 12.1 Å². The van der Waals surface area contributed by atoms with E-state index in [-0.39, 0.29) is 0 Å². The predicted molar refractivity (Wildman–Crippen MR) is 77.1 cm³/mol. The zero-order valence-corrected chi connectivity index (χ0v) is 11.0. The van der Waals surface area contributed by atoms with Crippen LogP contribution in [0.3, 0.4) is 0 Å². The van der Waals surface area contributed by atoms with Crippen LogP contribution in [0.1, 0.15) is 16.8 Å². The number of nitrogens with one attached hydrogen (secondary N) is 2. The number of para-hydroxylation sites is 1. The molecule has 0 aliphatic rings. The third-order valence-electron chi connectivity index (χ3n) is 3.29. The number of rotatable bonds is 3. The van der Waals surface area contributed by atoms with E-state index in [0.717, 1.165) is 27.8 Å². The first-order chi connectivity index (χ1) is 9.79. The van der Waals surface area contributed by atoms with Gasteiger partial charge in [-0.25, -0.2) is 0 Å². The van der Waals surface area contributed by atoms with Crippen molar-refractivity contribution in [3.05, 3.63) is 53.5 Å². The molecule has 3 aromatic rings. The van der Waals surface area contributed by atoms with Gasteiger partial charge in [0, 0.05) is 29.4 Å². The number of pyridine rings is 1. The Kier molecular flexibility index (Phi) is 3.05. The van der Waals surface area contributed by atoms with Gasteiger partial charge in [-0.15, -0.1) is 0 Å². The number of aromatic nitrogens is 3. The molecule has 2 aromatic heterocycles. The number of hydrogen-bond donors (Lipinski definition) is 2. The van der Waals surface area contributed by atoms with Crippen LogP contribution in [-0.4, -0.2) is 15.2 Å². The number of benzene rings is 1. The highest BCUT2D eigenvalue weighted by Gasteiger charge is 2.09. The summed E-state index contributed by atoms with van der Waals surface area (Å²) in [4.78, 5) is 4.29. The molecule has 5 nitrogen and oxygen atoms in total. The molecule has 0 saturated carbocycles. The molecular formula is C15H13N5. The quantitative estimate of drug-likeness (QED) is 0.761. The van der Waals surface area contributed by atoms with E-state index >= 15 is 0 Å². The van der Waals surface area contributed by atoms with Crippen molar-refractivity contribution in [2.45, 2.75) is 13.5 Å². The predicted octanol–water partition coefficient (Wildman–Crippen LogP) is 2.75. The lowest BCUT2D eigenvalue weighted by molar-refractivity contribution is 1.04. The molecule has 98 valence electrons. The summed E-state index contributed by atoms with van der Waals surface area (Å²) in [5.74, 6) is 0. The van der Waals surface area contributed by atoms with E-state index < -0.39 is 0 Å². The van der Waals surface area contributed by atoms with E-state index in [1.54, 1.807) is 12.4 Å². The van der Waals surface area contributed by atoms with Crippen LogP contribution < -0.4 is 5.32 Å². The van der Waals surface area contributed by atoms with E-state index in [2.05, 4.69) is 26.6 Å². The van der Waals surface area contributed by atoms with Crippen LogP contribution >= 0.6 is 0 Å². The van der Waals surface area contributed by atoms with Crippen molar-refractivity contribution in [2.24, 2.45) is 0 Å². The van der Waals surface area contributed by atoms with Crippen LogP contribution in [0.5, 0.6) is 0 Å². The summed E-state index contributed by atoms with van der Waals surface area (Å²) in [5.41, 5.74) is 4.34. The molecule has 0 amide bonds. The fourth-order valence-corrected chi connectivity index (χ4v) is 2.15. The van der Waals surface area contributed by atoms with E-state index in [9.17, 15) is 5.26 Å². The second-order valence-corrected chi connectivity index (χ2v) is 4.55. The average Bonchev–Trinajstić information content (AvgIpc) is 2.90. The fraction of sp³-hybridized carbons (Fsp3) is 0.133. The number of H-pyrrole nitrogens is 1. The van der Waals surface area contributed by atoms with Crippen molar-refractivity contribution < 1.29 is 0 Å². The number of fused-ring (bicyclic) bond motifs is 1. The number of nitriles is 1. The molecule has 0 saturated heterocycles. The maximum absolute atomic E-state index is 9.24. The Morgan fingerprint density at radius 3 is 2.90 bits per heavy atom. The topological polar surface area (TPSA) is 77.4 Å². The third-order valence-corrected chi connectivity index (χ3v) is 3.29. The lowest BCUT2D eigenvalue weighted by atomic mass is 10.1. The number of nitrogens with zero attached hydrogens (tertiary/aromatic N) is 3.